The summed E-state index contributed by atoms with van der Waals surface area (Å²) in [5.74, 6) is 1.92. The SMILES string of the molecule is C=C(/C=C\C)C(=C)/C(=C\C)c1nc(-c2ccccc2)nc(-c2cccc3c4c(sc23)CCC=C4)n1. The molecule has 5 rings (SSSR count). The molecule has 0 saturated carbocycles. The molecule has 0 spiro atoms. The second kappa shape index (κ2) is 9.77. The Morgan fingerprint density at radius 2 is 1.74 bits per heavy atom. The normalized spacial score (nSPS) is 13.4. The van der Waals surface area contributed by atoms with E-state index in [4.69, 9.17) is 15.0 Å². The Balaban J connectivity index is 1.73. The zero-order chi connectivity index (χ0) is 24.4. The number of hydrogen-bond donors (Lipinski definition) is 0. The molecular formula is C31H27N3S. The predicted molar refractivity (Wildman–Crippen MR) is 150 cm³/mol. The highest BCUT2D eigenvalue weighted by Gasteiger charge is 2.20. The lowest BCUT2D eigenvalue weighted by atomic mass is 9.99. The summed E-state index contributed by atoms with van der Waals surface area (Å²) in [6.45, 7) is 12.4. The first kappa shape index (κ1) is 22.9. The summed E-state index contributed by atoms with van der Waals surface area (Å²) in [7, 11) is 0. The second-order valence-corrected chi connectivity index (χ2v) is 9.55. The van der Waals surface area contributed by atoms with Crippen LogP contribution in [0.5, 0.6) is 0 Å². The minimum Gasteiger partial charge on any atom is -0.208 e. The average molecular weight is 474 g/mol. The third-order valence-electron chi connectivity index (χ3n) is 6.17. The highest BCUT2D eigenvalue weighted by Crippen LogP contribution is 2.40. The molecule has 3 nitrogen and oxygen atoms in total. The van der Waals surface area contributed by atoms with Crippen molar-refractivity contribution in [3.63, 3.8) is 0 Å². The molecule has 0 aliphatic heterocycles. The Bertz CT molecular complexity index is 1530. The Morgan fingerprint density at radius 1 is 0.943 bits per heavy atom. The Labute approximate surface area is 210 Å². The quantitative estimate of drug-likeness (QED) is 0.264. The van der Waals surface area contributed by atoms with E-state index in [-0.39, 0.29) is 0 Å². The molecule has 172 valence electrons. The number of aromatic nitrogens is 3. The molecule has 2 heterocycles. The molecule has 1 aliphatic carbocycles. The Kier molecular flexibility index (Phi) is 6.39. The van der Waals surface area contributed by atoms with Crippen molar-refractivity contribution in [3.8, 4) is 22.8 Å². The predicted octanol–water partition coefficient (Wildman–Crippen LogP) is 8.47. The monoisotopic (exact) mass is 473 g/mol. The first-order chi connectivity index (χ1) is 17.1. The van der Waals surface area contributed by atoms with Gasteiger partial charge in [0.25, 0.3) is 0 Å². The van der Waals surface area contributed by atoms with Crippen LogP contribution in [0.4, 0.5) is 0 Å². The maximum atomic E-state index is 4.99. The van der Waals surface area contributed by atoms with E-state index in [0.717, 1.165) is 40.7 Å². The van der Waals surface area contributed by atoms with Crippen LogP contribution in [0.1, 0.15) is 36.5 Å². The standard InChI is InChI=1S/C31H27N3S/c1-5-13-20(3)21(4)23(6-2)30-32-29(22-14-8-7-9-15-22)33-31(34-30)26-18-12-17-25-24-16-10-11-19-27(24)35-28(25)26/h5-10,12-18H,3-4,11,19H2,1-2H3/b13-5-,23-6+. The zero-order valence-electron chi connectivity index (χ0n) is 20.1. The van der Waals surface area contributed by atoms with Gasteiger partial charge in [0, 0.05) is 31.7 Å². The van der Waals surface area contributed by atoms with E-state index in [1.807, 2.05) is 73.7 Å². The third-order valence-corrected chi connectivity index (χ3v) is 7.49. The molecule has 2 aromatic carbocycles. The first-order valence-electron chi connectivity index (χ1n) is 11.8. The van der Waals surface area contributed by atoms with Crippen LogP contribution in [-0.2, 0) is 6.42 Å². The van der Waals surface area contributed by atoms with Crippen LogP contribution in [0.15, 0.2) is 97.1 Å². The van der Waals surface area contributed by atoms with Crippen LogP contribution in [0.2, 0.25) is 0 Å². The lowest BCUT2D eigenvalue weighted by Gasteiger charge is -2.13. The van der Waals surface area contributed by atoms with E-state index in [2.05, 4.69) is 43.5 Å². The van der Waals surface area contributed by atoms with E-state index in [0.29, 0.717) is 17.5 Å². The number of allylic oxidation sites excluding steroid dienone is 7. The summed E-state index contributed by atoms with van der Waals surface area (Å²) < 4.78 is 1.22. The van der Waals surface area contributed by atoms with Gasteiger partial charge in [0.15, 0.2) is 17.5 Å². The van der Waals surface area contributed by atoms with Crippen LogP contribution in [0, 0.1) is 0 Å². The topological polar surface area (TPSA) is 38.7 Å². The van der Waals surface area contributed by atoms with Crippen LogP contribution in [0.3, 0.4) is 0 Å². The summed E-state index contributed by atoms with van der Waals surface area (Å²) >= 11 is 1.85. The smallest absolute Gasteiger partial charge is 0.165 e. The van der Waals surface area contributed by atoms with Crippen molar-refractivity contribution in [2.75, 3.05) is 0 Å². The number of benzene rings is 2. The first-order valence-corrected chi connectivity index (χ1v) is 12.6. The molecule has 4 heteroatoms. The van der Waals surface area contributed by atoms with E-state index in [9.17, 15) is 0 Å². The molecule has 35 heavy (non-hydrogen) atoms. The minimum absolute atomic E-state index is 0.602. The zero-order valence-corrected chi connectivity index (χ0v) is 20.9. The highest BCUT2D eigenvalue weighted by atomic mass is 32.1. The van der Waals surface area contributed by atoms with Gasteiger partial charge in [0.2, 0.25) is 0 Å². The molecule has 2 aromatic heterocycles. The number of hydrogen-bond acceptors (Lipinski definition) is 4. The Hall–Kier alpha value is -3.89. The molecule has 4 aromatic rings. The minimum atomic E-state index is 0.602. The third kappa shape index (κ3) is 4.33. The summed E-state index contributed by atoms with van der Waals surface area (Å²) in [6, 6.07) is 16.5. The van der Waals surface area contributed by atoms with Crippen molar-refractivity contribution < 1.29 is 0 Å². The summed E-state index contributed by atoms with van der Waals surface area (Å²) in [6.07, 6.45) is 12.6. The summed E-state index contributed by atoms with van der Waals surface area (Å²) in [5.41, 5.74) is 5.81. The molecule has 0 atom stereocenters. The van der Waals surface area contributed by atoms with E-state index < -0.39 is 0 Å². The number of nitrogens with zero attached hydrogens (tertiary/aromatic N) is 3. The van der Waals surface area contributed by atoms with Crippen molar-refractivity contribution in [2.45, 2.75) is 26.7 Å². The van der Waals surface area contributed by atoms with Crippen molar-refractivity contribution >= 4 is 33.1 Å². The molecule has 0 amide bonds. The maximum Gasteiger partial charge on any atom is 0.165 e. The fourth-order valence-corrected chi connectivity index (χ4v) is 5.71. The number of fused-ring (bicyclic) bond motifs is 3. The molecule has 0 unspecified atom stereocenters. The van der Waals surface area contributed by atoms with Crippen molar-refractivity contribution in [1.82, 2.24) is 15.0 Å². The summed E-state index contributed by atoms with van der Waals surface area (Å²) in [5, 5.41) is 1.26. The lowest BCUT2D eigenvalue weighted by molar-refractivity contribution is 1.02. The van der Waals surface area contributed by atoms with Gasteiger partial charge >= 0.3 is 0 Å². The van der Waals surface area contributed by atoms with Gasteiger partial charge in [-0.25, -0.2) is 15.0 Å². The highest BCUT2D eigenvalue weighted by molar-refractivity contribution is 7.20. The van der Waals surface area contributed by atoms with Gasteiger partial charge in [-0.3, -0.25) is 0 Å². The van der Waals surface area contributed by atoms with E-state index in [1.165, 1.54) is 20.5 Å². The lowest BCUT2D eigenvalue weighted by Crippen LogP contribution is -2.04. The molecule has 0 saturated heterocycles. The van der Waals surface area contributed by atoms with Crippen LogP contribution < -0.4 is 0 Å². The van der Waals surface area contributed by atoms with Crippen LogP contribution in [-0.4, -0.2) is 15.0 Å². The number of thiophene rings is 1. The number of rotatable bonds is 6. The van der Waals surface area contributed by atoms with Gasteiger partial charge < -0.3 is 0 Å². The largest absolute Gasteiger partial charge is 0.208 e. The summed E-state index contributed by atoms with van der Waals surface area (Å²) in [4.78, 5) is 16.3. The second-order valence-electron chi connectivity index (χ2n) is 8.44. The molecule has 0 N–H and O–H groups in total. The van der Waals surface area contributed by atoms with Gasteiger partial charge in [0.1, 0.15) is 0 Å². The maximum absolute atomic E-state index is 4.99. The average Bonchev–Trinajstić information content (AvgIpc) is 3.28. The van der Waals surface area contributed by atoms with Gasteiger partial charge in [-0.15, -0.1) is 11.3 Å². The van der Waals surface area contributed by atoms with Gasteiger partial charge in [-0.05, 0) is 49.5 Å². The van der Waals surface area contributed by atoms with E-state index >= 15 is 0 Å². The van der Waals surface area contributed by atoms with Gasteiger partial charge in [-0.2, -0.15) is 0 Å². The van der Waals surface area contributed by atoms with Crippen molar-refractivity contribution in [3.05, 3.63) is 113 Å². The van der Waals surface area contributed by atoms with Crippen LogP contribution in [0.25, 0.3) is 44.5 Å². The van der Waals surface area contributed by atoms with Gasteiger partial charge in [0.05, 0.1) is 0 Å². The molecular weight excluding hydrogens is 446 g/mol. The van der Waals surface area contributed by atoms with Crippen molar-refractivity contribution in [2.24, 2.45) is 0 Å². The molecule has 0 fully saturated rings. The molecule has 0 radical (unpaired) electrons. The fourth-order valence-electron chi connectivity index (χ4n) is 4.39. The molecule has 0 bridgehead atoms. The van der Waals surface area contributed by atoms with Crippen molar-refractivity contribution in [1.29, 1.82) is 0 Å². The van der Waals surface area contributed by atoms with E-state index in [1.54, 1.807) is 0 Å². The van der Waals surface area contributed by atoms with Crippen LogP contribution >= 0.6 is 11.3 Å². The molecule has 1 aliphatic rings. The number of aryl methyl sites for hydroxylation is 1. The van der Waals surface area contributed by atoms with Gasteiger partial charge in [-0.1, -0.05) is 86.0 Å². The fraction of sp³-hybridized carbons (Fsp3) is 0.129. The Morgan fingerprint density at radius 3 is 2.51 bits per heavy atom.